The molecule has 0 bridgehead atoms. The lowest BCUT2D eigenvalue weighted by Gasteiger charge is -2.22. The molecule has 30 heavy (non-hydrogen) atoms. The van der Waals surface area contributed by atoms with Gasteiger partial charge in [0.15, 0.2) is 5.76 Å². The van der Waals surface area contributed by atoms with Gasteiger partial charge in [0, 0.05) is 37.0 Å². The molecule has 1 aliphatic heterocycles. The Morgan fingerprint density at radius 3 is 2.67 bits per heavy atom. The van der Waals surface area contributed by atoms with E-state index in [0.29, 0.717) is 22.9 Å². The lowest BCUT2D eigenvalue weighted by molar-refractivity contribution is 0.0600. The van der Waals surface area contributed by atoms with Crippen molar-refractivity contribution in [3.05, 3.63) is 65.7 Å². The second-order valence-electron chi connectivity index (χ2n) is 7.53. The molecule has 1 aromatic heterocycles. The van der Waals surface area contributed by atoms with Gasteiger partial charge in [-0.15, -0.1) is 0 Å². The summed E-state index contributed by atoms with van der Waals surface area (Å²) in [7, 11) is 1.37. The molecule has 0 spiro atoms. The third-order valence-electron chi connectivity index (χ3n) is 5.43. The van der Waals surface area contributed by atoms with Crippen molar-refractivity contribution >= 4 is 5.97 Å². The maximum Gasteiger partial charge on any atom is 0.337 e. The Labute approximate surface area is 176 Å². The van der Waals surface area contributed by atoms with E-state index in [2.05, 4.69) is 22.6 Å². The molecule has 2 aromatic carbocycles. The summed E-state index contributed by atoms with van der Waals surface area (Å²) in [6, 6.07) is 17.3. The van der Waals surface area contributed by atoms with E-state index in [0.717, 1.165) is 50.3 Å². The summed E-state index contributed by atoms with van der Waals surface area (Å²) in [5.41, 5.74) is 4.17. The van der Waals surface area contributed by atoms with Crippen molar-refractivity contribution in [2.24, 2.45) is 5.92 Å². The van der Waals surface area contributed by atoms with Gasteiger partial charge in [0.05, 0.1) is 12.7 Å². The third-order valence-corrected chi connectivity index (χ3v) is 5.43. The highest BCUT2D eigenvalue weighted by molar-refractivity contribution is 5.90. The molecule has 1 aliphatic rings. The summed E-state index contributed by atoms with van der Waals surface area (Å²) in [6.45, 7) is 3.64. The number of esters is 1. The number of aromatic nitrogens is 1. The molecular formula is C24H26N2O4. The van der Waals surface area contributed by atoms with E-state index in [9.17, 15) is 4.79 Å². The number of carbonyl (C=O) groups is 1. The van der Waals surface area contributed by atoms with Gasteiger partial charge in [0.1, 0.15) is 5.69 Å². The second kappa shape index (κ2) is 9.69. The van der Waals surface area contributed by atoms with Crippen LogP contribution in [0, 0.1) is 5.92 Å². The lowest BCUT2D eigenvalue weighted by Crippen LogP contribution is -2.27. The van der Waals surface area contributed by atoms with Crippen LogP contribution in [0.2, 0.25) is 0 Å². The number of rotatable bonds is 7. The average Bonchev–Trinajstić information content (AvgIpc) is 3.30. The topological polar surface area (TPSA) is 73.6 Å². The Morgan fingerprint density at radius 1 is 1.10 bits per heavy atom. The van der Waals surface area contributed by atoms with Gasteiger partial charge in [0.2, 0.25) is 0 Å². The number of ether oxygens (including phenoxy) is 2. The highest BCUT2D eigenvalue weighted by Crippen LogP contribution is 2.27. The van der Waals surface area contributed by atoms with Crippen LogP contribution in [-0.2, 0) is 16.0 Å². The van der Waals surface area contributed by atoms with Crippen LogP contribution in [0.3, 0.4) is 0 Å². The number of nitrogens with zero attached hydrogens (tertiary/aromatic N) is 1. The molecule has 1 saturated heterocycles. The van der Waals surface area contributed by atoms with Crippen LogP contribution in [0.15, 0.2) is 59.1 Å². The van der Waals surface area contributed by atoms with Gasteiger partial charge in [-0.3, -0.25) is 0 Å². The molecule has 6 heteroatoms. The minimum Gasteiger partial charge on any atom is -0.465 e. The summed E-state index contributed by atoms with van der Waals surface area (Å²) in [5.74, 6) is 1.03. The molecule has 0 saturated carbocycles. The number of carbonyl (C=O) groups excluding carboxylic acids is 1. The zero-order valence-electron chi connectivity index (χ0n) is 17.1. The summed E-state index contributed by atoms with van der Waals surface area (Å²) in [5, 5.41) is 7.71. The van der Waals surface area contributed by atoms with E-state index in [-0.39, 0.29) is 5.97 Å². The van der Waals surface area contributed by atoms with E-state index in [1.807, 2.05) is 24.3 Å². The second-order valence-corrected chi connectivity index (χ2v) is 7.53. The summed E-state index contributed by atoms with van der Waals surface area (Å²) in [4.78, 5) is 11.7. The van der Waals surface area contributed by atoms with Crippen molar-refractivity contribution in [3.63, 3.8) is 0 Å². The predicted molar refractivity (Wildman–Crippen MR) is 114 cm³/mol. The standard InChI is InChI=1S/C24H26N2O4/c1-28-24(27)21-4-2-3-20(13-21)22-14-23(30-26-22)19-7-5-17(6-8-19)15-25-16-18-9-11-29-12-10-18/h2-8,13-14,18,25H,9-12,15-16H2,1H3. The van der Waals surface area contributed by atoms with Crippen LogP contribution in [0.25, 0.3) is 22.6 Å². The van der Waals surface area contributed by atoms with Crippen LogP contribution in [0.5, 0.6) is 0 Å². The summed E-state index contributed by atoms with van der Waals surface area (Å²) < 4.78 is 15.7. The molecule has 0 amide bonds. The largest absolute Gasteiger partial charge is 0.465 e. The molecule has 0 aliphatic carbocycles. The molecule has 0 unspecified atom stereocenters. The predicted octanol–water partition coefficient (Wildman–Crippen LogP) is 4.31. The number of benzene rings is 2. The number of hydrogen-bond donors (Lipinski definition) is 1. The third kappa shape index (κ3) is 4.96. The fourth-order valence-corrected chi connectivity index (χ4v) is 3.63. The highest BCUT2D eigenvalue weighted by atomic mass is 16.5. The number of hydrogen-bond acceptors (Lipinski definition) is 6. The van der Waals surface area contributed by atoms with Crippen LogP contribution < -0.4 is 5.32 Å². The SMILES string of the molecule is COC(=O)c1cccc(-c2cc(-c3ccc(CNCC4CCOCC4)cc3)on2)c1. The minimum atomic E-state index is -0.374. The average molecular weight is 406 g/mol. The van der Waals surface area contributed by atoms with Crippen LogP contribution in [-0.4, -0.2) is 38.0 Å². The Kier molecular flexibility index (Phi) is 6.57. The van der Waals surface area contributed by atoms with Gasteiger partial charge in [-0.2, -0.15) is 0 Å². The maximum atomic E-state index is 11.7. The highest BCUT2D eigenvalue weighted by Gasteiger charge is 2.14. The Hall–Kier alpha value is -2.96. The minimum absolute atomic E-state index is 0.374. The van der Waals surface area contributed by atoms with Crippen molar-refractivity contribution in [3.8, 4) is 22.6 Å². The van der Waals surface area contributed by atoms with Crippen LogP contribution >= 0.6 is 0 Å². The van der Waals surface area contributed by atoms with Gasteiger partial charge in [-0.25, -0.2) is 4.79 Å². The van der Waals surface area contributed by atoms with Gasteiger partial charge in [0.25, 0.3) is 0 Å². The first kappa shape index (κ1) is 20.3. The zero-order chi connectivity index (χ0) is 20.8. The molecule has 0 atom stereocenters. The van der Waals surface area contributed by atoms with E-state index in [1.54, 1.807) is 18.2 Å². The molecular weight excluding hydrogens is 380 g/mol. The van der Waals surface area contributed by atoms with E-state index in [1.165, 1.54) is 12.7 Å². The van der Waals surface area contributed by atoms with E-state index in [4.69, 9.17) is 14.0 Å². The monoisotopic (exact) mass is 406 g/mol. The fraction of sp³-hybridized carbons (Fsp3) is 0.333. The number of nitrogens with one attached hydrogen (secondary N) is 1. The molecule has 156 valence electrons. The van der Waals surface area contributed by atoms with Gasteiger partial charge >= 0.3 is 5.97 Å². The first-order chi connectivity index (χ1) is 14.7. The van der Waals surface area contributed by atoms with Crippen molar-refractivity contribution in [2.75, 3.05) is 26.9 Å². The van der Waals surface area contributed by atoms with Gasteiger partial charge < -0.3 is 19.3 Å². The molecule has 1 N–H and O–H groups in total. The van der Waals surface area contributed by atoms with Gasteiger partial charge in [-0.05, 0) is 43.0 Å². The molecule has 1 fully saturated rings. The number of methoxy groups -OCH3 is 1. The van der Waals surface area contributed by atoms with Crippen molar-refractivity contribution < 1.29 is 18.8 Å². The van der Waals surface area contributed by atoms with Crippen molar-refractivity contribution in [1.82, 2.24) is 10.5 Å². The molecule has 2 heterocycles. The Balaban J connectivity index is 1.38. The normalized spacial score (nSPS) is 14.6. The van der Waals surface area contributed by atoms with E-state index < -0.39 is 0 Å². The molecule has 4 rings (SSSR count). The quantitative estimate of drug-likeness (QED) is 0.590. The lowest BCUT2D eigenvalue weighted by atomic mass is 10.0. The van der Waals surface area contributed by atoms with Crippen LogP contribution in [0.1, 0.15) is 28.8 Å². The van der Waals surface area contributed by atoms with E-state index >= 15 is 0 Å². The van der Waals surface area contributed by atoms with Gasteiger partial charge in [-0.1, -0.05) is 41.6 Å². The molecule has 3 aromatic rings. The van der Waals surface area contributed by atoms with Crippen LogP contribution in [0.4, 0.5) is 0 Å². The smallest absolute Gasteiger partial charge is 0.337 e. The summed E-state index contributed by atoms with van der Waals surface area (Å²) in [6.07, 6.45) is 2.28. The Bertz CT molecular complexity index is 975. The Morgan fingerprint density at radius 2 is 1.90 bits per heavy atom. The zero-order valence-corrected chi connectivity index (χ0v) is 17.1. The molecule has 0 radical (unpaired) electrons. The molecule has 6 nitrogen and oxygen atoms in total. The first-order valence-corrected chi connectivity index (χ1v) is 10.3. The maximum absolute atomic E-state index is 11.7. The van der Waals surface area contributed by atoms with Crippen molar-refractivity contribution in [1.29, 1.82) is 0 Å². The first-order valence-electron chi connectivity index (χ1n) is 10.3. The summed E-state index contributed by atoms with van der Waals surface area (Å²) >= 11 is 0. The van der Waals surface area contributed by atoms with Crippen molar-refractivity contribution in [2.45, 2.75) is 19.4 Å². The fourth-order valence-electron chi connectivity index (χ4n) is 3.63.